The highest BCUT2D eigenvalue weighted by Gasteiger charge is 2.65. The van der Waals surface area contributed by atoms with E-state index in [9.17, 15) is 19.8 Å². The second-order valence-electron chi connectivity index (χ2n) is 16.3. The third kappa shape index (κ3) is 9.84. The molecule has 11 heteroatoms. The molecular formula is C45H62N2O9. The first-order chi connectivity index (χ1) is 27.0. The van der Waals surface area contributed by atoms with Crippen molar-refractivity contribution in [3.63, 3.8) is 0 Å². The lowest BCUT2D eigenvalue weighted by Crippen LogP contribution is -2.70. The highest BCUT2D eigenvalue weighted by Crippen LogP contribution is 2.62. The zero-order valence-corrected chi connectivity index (χ0v) is 33.9. The van der Waals surface area contributed by atoms with Crippen LogP contribution in [0.2, 0.25) is 0 Å². The fourth-order valence-electron chi connectivity index (χ4n) is 8.62. The Kier molecular flexibility index (Phi) is 15.2. The van der Waals surface area contributed by atoms with Gasteiger partial charge in [0.1, 0.15) is 36.2 Å². The minimum absolute atomic E-state index is 0.0663. The van der Waals surface area contributed by atoms with Gasteiger partial charge < -0.3 is 34.0 Å². The van der Waals surface area contributed by atoms with E-state index < -0.39 is 23.8 Å². The predicted molar refractivity (Wildman–Crippen MR) is 216 cm³/mol. The van der Waals surface area contributed by atoms with Crippen LogP contribution in [0.5, 0.6) is 17.2 Å². The molecule has 2 aliphatic carbocycles. The SMILES string of the molecule is C=CCOC12Oc3ccc(Oc4cccc(C=O)c4)cc3C3C(CCCCO)C(CCCCO)C=C(C(=NOCC)CC1N(CCC)C(=O)OCC(C)(C)C)C32. The number of carbonyl (C=O) groups excluding carboxylic acids is 2. The van der Waals surface area contributed by atoms with Gasteiger partial charge in [-0.3, -0.25) is 9.69 Å². The van der Waals surface area contributed by atoms with Crippen LogP contribution in [0.15, 0.2) is 71.9 Å². The first-order valence-electron chi connectivity index (χ1n) is 20.4. The highest BCUT2D eigenvalue weighted by molar-refractivity contribution is 6.03. The van der Waals surface area contributed by atoms with Crippen LogP contribution in [-0.2, 0) is 14.3 Å². The second kappa shape index (κ2) is 19.8. The van der Waals surface area contributed by atoms with Crippen LogP contribution in [0.1, 0.15) is 108 Å². The van der Waals surface area contributed by atoms with E-state index in [2.05, 4.69) is 12.7 Å². The number of fused-ring (bicyclic) bond motifs is 2. The first kappa shape index (κ1) is 42.9. The molecule has 6 unspecified atom stereocenters. The summed E-state index contributed by atoms with van der Waals surface area (Å²) in [5.41, 5.74) is 2.91. The molecule has 1 heterocycles. The Morgan fingerprint density at radius 3 is 2.48 bits per heavy atom. The number of amides is 1. The molecule has 2 N–H and O–H groups in total. The van der Waals surface area contributed by atoms with E-state index in [4.69, 9.17) is 28.9 Å². The summed E-state index contributed by atoms with van der Waals surface area (Å²) < 4.78 is 26.7. The minimum atomic E-state index is -1.37. The number of unbranched alkanes of at least 4 members (excludes halogenated alkanes) is 2. The van der Waals surface area contributed by atoms with Gasteiger partial charge in [-0.2, -0.15) is 0 Å². The average Bonchev–Trinajstić information content (AvgIpc) is 3.18. The summed E-state index contributed by atoms with van der Waals surface area (Å²) >= 11 is 0. The van der Waals surface area contributed by atoms with Gasteiger partial charge in [-0.05, 0) is 92.2 Å². The quantitative estimate of drug-likeness (QED) is 0.0585. The van der Waals surface area contributed by atoms with Crippen LogP contribution in [0.3, 0.4) is 0 Å². The molecular weight excluding hydrogens is 712 g/mol. The molecule has 0 bridgehead atoms. The van der Waals surface area contributed by atoms with Crippen molar-refractivity contribution in [2.75, 3.05) is 39.6 Å². The molecule has 2 aromatic rings. The summed E-state index contributed by atoms with van der Waals surface area (Å²) in [4.78, 5) is 33.5. The molecule has 11 nitrogen and oxygen atoms in total. The maximum absolute atomic E-state index is 14.3. The summed E-state index contributed by atoms with van der Waals surface area (Å²) in [5, 5.41) is 24.5. The number of nitrogens with zero attached hydrogens (tertiary/aromatic N) is 2. The molecule has 306 valence electrons. The molecule has 6 atom stereocenters. The predicted octanol–water partition coefficient (Wildman–Crippen LogP) is 8.84. The molecule has 3 aliphatic rings. The molecule has 1 saturated carbocycles. The standard InChI is InChI=1S/C45H62N2O9/c1-7-21-47(43(51)52-30-44(4,5)6)40-28-38(46-54-9-3)36-26-32(16-10-12-22-48)35(18-11-13-23-49)41-37-27-34(55-33-17-14-15-31(25-33)29-50)19-20-39(37)56-45(40,42(36)41)53-24-8-2/h8,14-15,17,19-20,25-27,29,32,35,40-42,48-49H,2,7,9-13,16,18,21-24,28,30H2,1,3-6H3. The van der Waals surface area contributed by atoms with Crippen LogP contribution in [0.25, 0.3) is 0 Å². The van der Waals surface area contributed by atoms with Crippen LogP contribution < -0.4 is 9.47 Å². The number of aliphatic hydroxyl groups is 2. The van der Waals surface area contributed by atoms with E-state index >= 15 is 0 Å². The topological polar surface area (TPSA) is 136 Å². The molecule has 0 spiro atoms. The van der Waals surface area contributed by atoms with Crippen LogP contribution in [0, 0.1) is 23.2 Å². The highest BCUT2D eigenvalue weighted by atomic mass is 16.7. The third-order valence-electron chi connectivity index (χ3n) is 10.9. The van der Waals surface area contributed by atoms with E-state index in [1.54, 1.807) is 29.2 Å². The molecule has 1 fully saturated rings. The first-order valence-corrected chi connectivity index (χ1v) is 20.4. The number of carbonyl (C=O) groups is 2. The minimum Gasteiger partial charge on any atom is -0.459 e. The third-order valence-corrected chi connectivity index (χ3v) is 10.9. The molecule has 0 saturated heterocycles. The number of benzene rings is 2. The van der Waals surface area contributed by atoms with Crippen molar-refractivity contribution in [3.05, 3.63) is 77.9 Å². The Morgan fingerprint density at radius 1 is 1.05 bits per heavy atom. The van der Waals surface area contributed by atoms with Crippen LogP contribution >= 0.6 is 0 Å². The van der Waals surface area contributed by atoms with Crippen molar-refractivity contribution in [1.82, 2.24) is 4.90 Å². The maximum Gasteiger partial charge on any atom is 0.410 e. The van der Waals surface area contributed by atoms with Gasteiger partial charge >= 0.3 is 6.09 Å². The van der Waals surface area contributed by atoms with Crippen molar-refractivity contribution >= 4 is 18.1 Å². The number of hydrogen-bond donors (Lipinski definition) is 2. The number of aldehydes is 1. The lowest BCUT2D eigenvalue weighted by molar-refractivity contribution is -0.255. The Labute approximate surface area is 332 Å². The summed E-state index contributed by atoms with van der Waals surface area (Å²) in [7, 11) is 0. The van der Waals surface area contributed by atoms with Gasteiger partial charge in [0.05, 0.1) is 24.8 Å². The number of rotatable bonds is 20. The van der Waals surface area contributed by atoms with Crippen molar-refractivity contribution in [1.29, 1.82) is 0 Å². The zero-order chi connectivity index (χ0) is 40.3. The Bertz CT molecular complexity index is 1700. The summed E-state index contributed by atoms with van der Waals surface area (Å²) in [6, 6.07) is 12.2. The van der Waals surface area contributed by atoms with Crippen molar-refractivity contribution in [3.8, 4) is 17.2 Å². The molecule has 0 aromatic heterocycles. The zero-order valence-electron chi connectivity index (χ0n) is 33.9. The van der Waals surface area contributed by atoms with Gasteiger partial charge in [-0.1, -0.05) is 70.0 Å². The van der Waals surface area contributed by atoms with E-state index in [0.29, 0.717) is 61.6 Å². The van der Waals surface area contributed by atoms with Crippen molar-refractivity contribution in [2.24, 2.45) is 28.3 Å². The number of oxime groups is 1. The molecule has 0 radical (unpaired) electrons. The molecule has 1 amide bonds. The fourth-order valence-corrected chi connectivity index (χ4v) is 8.62. The smallest absolute Gasteiger partial charge is 0.410 e. The van der Waals surface area contributed by atoms with E-state index in [0.717, 1.165) is 48.8 Å². The summed E-state index contributed by atoms with van der Waals surface area (Å²) in [6.07, 6.45) is 10.0. The summed E-state index contributed by atoms with van der Waals surface area (Å²) in [6.45, 7) is 15.4. The number of aliphatic hydroxyl groups excluding tert-OH is 2. The Morgan fingerprint density at radius 2 is 1.80 bits per heavy atom. The van der Waals surface area contributed by atoms with Gasteiger partial charge in [-0.15, -0.1) is 6.58 Å². The lowest BCUT2D eigenvalue weighted by Gasteiger charge is -2.60. The maximum atomic E-state index is 14.3. The number of allylic oxidation sites excluding steroid dienone is 1. The van der Waals surface area contributed by atoms with E-state index in [1.165, 1.54) is 0 Å². The van der Waals surface area contributed by atoms with Crippen LogP contribution in [0.4, 0.5) is 4.79 Å². The molecule has 1 aliphatic heterocycles. The normalized spacial score (nSPS) is 24.6. The van der Waals surface area contributed by atoms with Gasteiger partial charge in [0, 0.05) is 43.2 Å². The molecule has 2 aromatic carbocycles. The van der Waals surface area contributed by atoms with Gasteiger partial charge in [0.25, 0.3) is 0 Å². The average molecular weight is 775 g/mol. The van der Waals surface area contributed by atoms with Crippen LogP contribution in [-0.4, -0.2) is 84.6 Å². The van der Waals surface area contributed by atoms with E-state index in [1.807, 2.05) is 58.9 Å². The number of hydrogen-bond acceptors (Lipinski definition) is 10. The molecule has 56 heavy (non-hydrogen) atoms. The lowest BCUT2D eigenvalue weighted by atomic mass is 9.55. The number of ether oxygens (including phenoxy) is 4. The van der Waals surface area contributed by atoms with Gasteiger partial charge in [0.2, 0.25) is 5.79 Å². The van der Waals surface area contributed by atoms with Gasteiger partial charge in [-0.25, -0.2) is 4.79 Å². The molecule has 5 rings (SSSR count). The summed E-state index contributed by atoms with van der Waals surface area (Å²) in [5.74, 6) is -0.0951. The fraction of sp³-hybridized carbons (Fsp3) is 0.578. The Hall–Kier alpha value is -4.19. The Balaban J connectivity index is 1.76. The monoisotopic (exact) mass is 774 g/mol. The van der Waals surface area contributed by atoms with Crippen molar-refractivity contribution in [2.45, 2.75) is 104 Å². The van der Waals surface area contributed by atoms with E-state index in [-0.39, 0.29) is 49.6 Å². The second-order valence-corrected chi connectivity index (χ2v) is 16.3. The largest absolute Gasteiger partial charge is 0.459 e. The van der Waals surface area contributed by atoms with Gasteiger partial charge in [0.15, 0.2) is 0 Å². The van der Waals surface area contributed by atoms with Crippen molar-refractivity contribution < 1.29 is 43.6 Å².